The molecule has 2 fully saturated rings. The molecule has 2 aromatic carbocycles. The topological polar surface area (TPSA) is 161 Å². The molecular formula is C23H22N2O9S. The molecular weight excluding hydrogens is 480 g/mol. The minimum absolute atomic E-state index is 0.0159. The van der Waals surface area contributed by atoms with E-state index in [2.05, 4.69) is 0 Å². The van der Waals surface area contributed by atoms with Crippen LogP contribution in [0.4, 0.5) is 5.69 Å². The van der Waals surface area contributed by atoms with Crippen LogP contribution in [0.25, 0.3) is 0 Å². The fourth-order valence-corrected chi connectivity index (χ4v) is 7.38. The molecule has 1 N–H and O–H groups in total. The molecule has 0 unspecified atom stereocenters. The van der Waals surface area contributed by atoms with Crippen LogP contribution in [-0.2, 0) is 30.6 Å². The summed E-state index contributed by atoms with van der Waals surface area (Å²) in [6.45, 7) is 2.02. The van der Waals surface area contributed by atoms with E-state index >= 15 is 0 Å². The van der Waals surface area contributed by atoms with Crippen molar-refractivity contribution < 1.29 is 37.6 Å². The van der Waals surface area contributed by atoms with Crippen LogP contribution in [0.15, 0.2) is 54.6 Å². The van der Waals surface area contributed by atoms with Crippen molar-refractivity contribution in [3.8, 4) is 0 Å². The lowest BCUT2D eigenvalue weighted by atomic mass is 9.75. The van der Waals surface area contributed by atoms with E-state index < -0.39 is 60.8 Å². The van der Waals surface area contributed by atoms with Gasteiger partial charge in [0.15, 0.2) is 20.8 Å². The van der Waals surface area contributed by atoms with E-state index in [4.69, 9.17) is 4.74 Å². The van der Waals surface area contributed by atoms with Crippen molar-refractivity contribution in [2.45, 2.75) is 35.9 Å². The molecule has 12 heteroatoms. The Labute approximate surface area is 200 Å². The molecule has 0 spiro atoms. The first kappa shape index (κ1) is 24.3. The zero-order valence-corrected chi connectivity index (χ0v) is 19.6. The second kappa shape index (κ2) is 8.15. The summed E-state index contributed by atoms with van der Waals surface area (Å²) < 4.78 is 30.3. The van der Waals surface area contributed by atoms with Crippen LogP contribution >= 0.6 is 0 Å². The van der Waals surface area contributed by atoms with Crippen LogP contribution in [0.2, 0.25) is 0 Å². The Bertz CT molecular complexity index is 1320. The zero-order valence-electron chi connectivity index (χ0n) is 18.8. The van der Waals surface area contributed by atoms with Crippen molar-refractivity contribution >= 4 is 33.4 Å². The predicted octanol–water partition coefficient (Wildman–Crippen LogP) is 1.81. The maximum absolute atomic E-state index is 13.5. The number of hydrogen-bond acceptors (Lipinski definition) is 8. The van der Waals surface area contributed by atoms with Crippen molar-refractivity contribution in [2.24, 2.45) is 5.92 Å². The Hall–Kier alpha value is -3.80. The van der Waals surface area contributed by atoms with E-state index in [1.165, 1.54) is 26.0 Å². The Balaban J connectivity index is 1.61. The Kier molecular flexibility index (Phi) is 5.67. The number of nitrogens with zero attached hydrogens (tertiary/aromatic N) is 2. The summed E-state index contributed by atoms with van der Waals surface area (Å²) in [5.74, 6) is -4.33. The molecule has 0 radical (unpaired) electrons. The number of nitro groups is 1. The molecule has 35 heavy (non-hydrogen) atoms. The molecule has 0 saturated carbocycles. The molecule has 2 aromatic rings. The minimum atomic E-state index is -4.19. The number of esters is 1. The summed E-state index contributed by atoms with van der Waals surface area (Å²) in [4.78, 5) is 49.1. The number of benzene rings is 2. The lowest BCUT2D eigenvalue weighted by Crippen LogP contribution is -2.72. The number of carbonyl (C=O) groups excluding carboxylic acids is 2. The first-order valence-corrected chi connectivity index (χ1v) is 12.2. The van der Waals surface area contributed by atoms with Gasteiger partial charge in [0.1, 0.15) is 17.3 Å². The van der Waals surface area contributed by atoms with Crippen LogP contribution < -0.4 is 0 Å². The molecule has 11 nitrogen and oxygen atoms in total. The smallest absolute Gasteiger partial charge is 0.338 e. The molecule has 0 aliphatic carbocycles. The average molecular weight is 503 g/mol. The Morgan fingerprint density at radius 1 is 1.11 bits per heavy atom. The van der Waals surface area contributed by atoms with Crippen molar-refractivity contribution in [3.05, 3.63) is 75.8 Å². The monoisotopic (exact) mass is 502 g/mol. The maximum atomic E-state index is 13.5. The van der Waals surface area contributed by atoms with E-state index in [0.29, 0.717) is 5.56 Å². The van der Waals surface area contributed by atoms with E-state index in [1.807, 2.05) is 0 Å². The molecule has 2 aliphatic rings. The second-order valence-electron chi connectivity index (χ2n) is 8.99. The normalized spacial score (nSPS) is 25.9. The highest BCUT2D eigenvalue weighted by molar-refractivity contribution is 7.94. The number of carboxylic acids is 1. The third-order valence-corrected chi connectivity index (χ3v) is 9.89. The first-order valence-electron chi connectivity index (χ1n) is 10.6. The van der Waals surface area contributed by atoms with E-state index in [9.17, 15) is 38.0 Å². The zero-order chi connectivity index (χ0) is 25.8. The highest BCUT2D eigenvalue weighted by atomic mass is 32.2. The van der Waals surface area contributed by atoms with Crippen LogP contribution in [0.3, 0.4) is 0 Å². The molecule has 3 atom stereocenters. The number of carbonyl (C=O) groups is 3. The van der Waals surface area contributed by atoms with Gasteiger partial charge in [0.25, 0.3) is 5.69 Å². The van der Waals surface area contributed by atoms with E-state index in [-0.39, 0.29) is 17.7 Å². The highest BCUT2D eigenvalue weighted by Crippen LogP contribution is 2.55. The van der Waals surface area contributed by atoms with Crippen molar-refractivity contribution in [3.63, 3.8) is 0 Å². The van der Waals surface area contributed by atoms with Gasteiger partial charge in [-0.25, -0.2) is 18.0 Å². The van der Waals surface area contributed by atoms with Gasteiger partial charge < -0.3 is 14.7 Å². The highest BCUT2D eigenvalue weighted by Gasteiger charge is 2.79. The number of β-lactam (4-membered cyclic amide) rings is 1. The number of sulfone groups is 1. The number of fused-ring (bicyclic) bond motifs is 1. The number of aliphatic carboxylic acids is 1. The quantitative estimate of drug-likeness (QED) is 0.258. The minimum Gasteiger partial charge on any atom is -0.479 e. The number of nitro benzene ring substituents is 1. The molecule has 2 saturated heterocycles. The number of amides is 1. The summed E-state index contributed by atoms with van der Waals surface area (Å²) in [6.07, 6.45) is -0.215. The number of carboxylic acid groups (broad SMARTS) is 1. The van der Waals surface area contributed by atoms with Gasteiger partial charge in [-0.15, -0.1) is 0 Å². The Morgan fingerprint density at radius 2 is 1.71 bits per heavy atom. The van der Waals surface area contributed by atoms with Gasteiger partial charge >= 0.3 is 11.9 Å². The summed E-state index contributed by atoms with van der Waals surface area (Å²) in [5, 5.41) is 19.6. The van der Waals surface area contributed by atoms with Gasteiger partial charge in [-0.1, -0.05) is 30.3 Å². The predicted molar refractivity (Wildman–Crippen MR) is 121 cm³/mol. The number of hydrogen-bond donors (Lipinski definition) is 1. The molecule has 0 aromatic heterocycles. The van der Waals surface area contributed by atoms with Gasteiger partial charge in [0, 0.05) is 18.6 Å². The molecule has 2 aliphatic heterocycles. The van der Waals surface area contributed by atoms with Gasteiger partial charge in [-0.2, -0.15) is 0 Å². The SMILES string of the molecule is CC1(C)[C@](Cc2ccccc2)(C(=O)O)N2C(=O)[C@@H](COC(=O)c3ccc([N+](=O)[O-])cc3)[C@H]2S1(=O)=O. The van der Waals surface area contributed by atoms with Gasteiger partial charge in [-0.3, -0.25) is 14.9 Å². The molecule has 0 bridgehead atoms. The standard InChI is InChI=1S/C23H22N2O9S/c1-22(2)23(21(28)29,12-14-6-4-3-5-7-14)24-18(26)17(19(24)35(22,32)33)13-34-20(27)15-8-10-16(11-9-15)25(30)31/h3-11,17,19H,12-13H2,1-2H3,(H,28,29)/t17-,19-,23+/m1/s1. The van der Waals surface area contributed by atoms with Crippen molar-refractivity contribution in [1.29, 1.82) is 0 Å². The first-order chi connectivity index (χ1) is 16.4. The third-order valence-electron chi connectivity index (χ3n) is 6.95. The summed E-state index contributed by atoms with van der Waals surface area (Å²) in [6, 6.07) is 13.0. The van der Waals surface area contributed by atoms with Crippen LogP contribution in [-0.4, -0.2) is 63.5 Å². The van der Waals surface area contributed by atoms with Crippen LogP contribution in [0.5, 0.6) is 0 Å². The lowest BCUT2D eigenvalue weighted by Gasteiger charge is -2.48. The summed E-state index contributed by atoms with van der Waals surface area (Å²) in [5.41, 5.74) is -1.74. The number of rotatable bonds is 7. The molecule has 2 heterocycles. The largest absolute Gasteiger partial charge is 0.479 e. The van der Waals surface area contributed by atoms with Gasteiger partial charge in [0.2, 0.25) is 5.91 Å². The van der Waals surface area contributed by atoms with Crippen LogP contribution in [0, 0.1) is 16.0 Å². The lowest BCUT2D eigenvalue weighted by molar-refractivity contribution is -0.384. The second-order valence-corrected chi connectivity index (χ2v) is 11.6. The molecule has 184 valence electrons. The summed E-state index contributed by atoms with van der Waals surface area (Å²) in [7, 11) is -4.19. The van der Waals surface area contributed by atoms with E-state index in [1.54, 1.807) is 30.3 Å². The van der Waals surface area contributed by atoms with Gasteiger partial charge in [-0.05, 0) is 31.5 Å². The summed E-state index contributed by atoms with van der Waals surface area (Å²) >= 11 is 0. The van der Waals surface area contributed by atoms with Gasteiger partial charge in [0.05, 0.1) is 10.5 Å². The van der Waals surface area contributed by atoms with Crippen molar-refractivity contribution in [2.75, 3.05) is 6.61 Å². The average Bonchev–Trinajstić information content (AvgIpc) is 2.93. The number of non-ortho nitro benzene ring substituents is 1. The number of ether oxygens (including phenoxy) is 1. The Morgan fingerprint density at radius 3 is 2.26 bits per heavy atom. The fraction of sp³-hybridized carbons (Fsp3) is 0.348. The van der Waals surface area contributed by atoms with E-state index in [0.717, 1.165) is 17.0 Å². The molecule has 1 amide bonds. The fourth-order valence-electron chi connectivity index (χ4n) is 4.86. The maximum Gasteiger partial charge on any atom is 0.338 e. The van der Waals surface area contributed by atoms with Crippen molar-refractivity contribution in [1.82, 2.24) is 4.90 Å². The third kappa shape index (κ3) is 3.39. The molecule has 4 rings (SSSR count). The van der Waals surface area contributed by atoms with Crippen LogP contribution in [0.1, 0.15) is 29.8 Å².